The highest BCUT2D eigenvalue weighted by Crippen LogP contribution is 2.26. The maximum atomic E-state index is 13.3. The average molecular weight is 362 g/mol. The molecule has 0 aliphatic carbocycles. The van der Waals surface area contributed by atoms with E-state index in [9.17, 15) is 18.7 Å². The number of phenolic OH excluding ortho intramolecular Hbond substituents is 1. The largest absolute Gasteiger partial charge is 0.506 e. The van der Waals surface area contributed by atoms with Gasteiger partial charge in [-0.1, -0.05) is 12.1 Å². The molecule has 1 fully saturated rings. The number of amides is 1. The van der Waals surface area contributed by atoms with Crippen molar-refractivity contribution in [2.75, 3.05) is 36.4 Å². The number of phenols is 1. The lowest BCUT2D eigenvalue weighted by Gasteiger charge is -2.36. The van der Waals surface area contributed by atoms with Crippen LogP contribution in [-0.4, -0.2) is 43.2 Å². The molecular formula is C19H22F2N3O2+. The fraction of sp³-hybridized carbons (Fsp3) is 0.316. The number of hydrogen-bond acceptors (Lipinski definition) is 3. The van der Waals surface area contributed by atoms with Crippen molar-refractivity contribution < 1.29 is 23.6 Å². The molecule has 3 rings (SSSR count). The zero-order valence-corrected chi connectivity index (χ0v) is 14.5. The lowest BCUT2D eigenvalue weighted by atomic mass is 10.2. The maximum Gasteiger partial charge on any atom is 0.282 e. The summed E-state index contributed by atoms with van der Waals surface area (Å²) >= 11 is 0. The Hall–Kier alpha value is -2.67. The second kappa shape index (κ2) is 7.70. The first-order valence-electron chi connectivity index (χ1n) is 8.59. The summed E-state index contributed by atoms with van der Waals surface area (Å²) in [6, 6.07) is 10.2. The molecule has 0 spiro atoms. The zero-order chi connectivity index (χ0) is 18.7. The van der Waals surface area contributed by atoms with Crippen LogP contribution in [0.25, 0.3) is 0 Å². The van der Waals surface area contributed by atoms with Gasteiger partial charge in [0.15, 0.2) is 17.7 Å². The molecule has 0 radical (unpaired) electrons. The van der Waals surface area contributed by atoms with E-state index < -0.39 is 11.6 Å². The van der Waals surface area contributed by atoms with Gasteiger partial charge < -0.3 is 20.2 Å². The van der Waals surface area contributed by atoms with Crippen LogP contribution in [0.5, 0.6) is 5.75 Å². The topological polar surface area (TPSA) is 57.0 Å². The summed E-state index contributed by atoms with van der Waals surface area (Å²) in [6.07, 6.45) is 0. The molecule has 26 heavy (non-hydrogen) atoms. The quantitative estimate of drug-likeness (QED) is 0.771. The smallest absolute Gasteiger partial charge is 0.282 e. The number of quaternary nitrogens is 1. The van der Waals surface area contributed by atoms with Crippen LogP contribution >= 0.6 is 0 Å². The third-order valence-corrected chi connectivity index (χ3v) is 4.82. The maximum absolute atomic E-state index is 13.3. The Balaban J connectivity index is 1.57. The van der Waals surface area contributed by atoms with Gasteiger partial charge in [-0.2, -0.15) is 0 Å². The van der Waals surface area contributed by atoms with Crippen LogP contribution in [0, 0.1) is 11.6 Å². The van der Waals surface area contributed by atoms with Gasteiger partial charge in [-0.05, 0) is 31.2 Å². The van der Waals surface area contributed by atoms with Gasteiger partial charge in [-0.15, -0.1) is 0 Å². The molecule has 5 nitrogen and oxygen atoms in total. The monoisotopic (exact) mass is 362 g/mol. The van der Waals surface area contributed by atoms with Crippen LogP contribution < -0.4 is 15.1 Å². The molecule has 0 aromatic heterocycles. The lowest BCUT2D eigenvalue weighted by molar-refractivity contribution is -0.914. The third-order valence-electron chi connectivity index (χ3n) is 4.82. The van der Waals surface area contributed by atoms with Crippen molar-refractivity contribution in [1.82, 2.24) is 0 Å². The van der Waals surface area contributed by atoms with E-state index in [1.807, 2.05) is 19.1 Å². The van der Waals surface area contributed by atoms with Crippen molar-refractivity contribution in [2.45, 2.75) is 13.0 Å². The minimum absolute atomic E-state index is 0.234. The van der Waals surface area contributed by atoms with Gasteiger partial charge in [0.25, 0.3) is 5.91 Å². The van der Waals surface area contributed by atoms with Crippen molar-refractivity contribution in [2.24, 2.45) is 0 Å². The fourth-order valence-corrected chi connectivity index (χ4v) is 3.21. The molecular weight excluding hydrogens is 340 g/mol. The van der Waals surface area contributed by atoms with Crippen molar-refractivity contribution in [3.63, 3.8) is 0 Å². The number of piperazine rings is 1. The van der Waals surface area contributed by atoms with Crippen LogP contribution in [0.2, 0.25) is 0 Å². The Morgan fingerprint density at radius 3 is 2.50 bits per heavy atom. The highest BCUT2D eigenvalue weighted by atomic mass is 19.2. The first-order chi connectivity index (χ1) is 12.5. The first kappa shape index (κ1) is 18.1. The number of anilines is 2. The number of para-hydroxylation sites is 2. The number of hydrogen-bond donors (Lipinski definition) is 3. The minimum atomic E-state index is -0.987. The van der Waals surface area contributed by atoms with E-state index in [-0.39, 0.29) is 23.4 Å². The van der Waals surface area contributed by atoms with Gasteiger partial charge in [-0.3, -0.25) is 4.79 Å². The minimum Gasteiger partial charge on any atom is -0.506 e. The van der Waals surface area contributed by atoms with Gasteiger partial charge >= 0.3 is 0 Å². The van der Waals surface area contributed by atoms with Crippen LogP contribution in [-0.2, 0) is 4.79 Å². The summed E-state index contributed by atoms with van der Waals surface area (Å²) in [6.45, 7) is 4.73. The molecule has 1 aliphatic rings. The summed E-state index contributed by atoms with van der Waals surface area (Å²) in [5.41, 5.74) is 1.04. The normalized spacial score (nSPS) is 16.3. The summed E-state index contributed by atoms with van der Waals surface area (Å²) in [5.74, 6) is -1.91. The average Bonchev–Trinajstić information content (AvgIpc) is 2.65. The molecule has 7 heteroatoms. The van der Waals surface area contributed by atoms with Crippen LogP contribution in [0.3, 0.4) is 0 Å². The predicted octanol–water partition coefficient (Wildman–Crippen LogP) is 1.40. The van der Waals surface area contributed by atoms with E-state index in [4.69, 9.17) is 0 Å². The molecule has 2 aromatic carbocycles. The molecule has 138 valence electrons. The van der Waals surface area contributed by atoms with Gasteiger partial charge in [0, 0.05) is 11.8 Å². The summed E-state index contributed by atoms with van der Waals surface area (Å²) in [5, 5.41) is 12.6. The fourth-order valence-electron chi connectivity index (χ4n) is 3.21. The molecule has 3 N–H and O–H groups in total. The molecule has 0 unspecified atom stereocenters. The number of rotatable bonds is 4. The highest BCUT2D eigenvalue weighted by Gasteiger charge is 2.30. The second-order valence-electron chi connectivity index (χ2n) is 6.47. The number of nitrogens with zero attached hydrogens (tertiary/aromatic N) is 1. The molecule has 1 aliphatic heterocycles. The Morgan fingerprint density at radius 1 is 1.15 bits per heavy atom. The Bertz CT molecular complexity index is 792. The van der Waals surface area contributed by atoms with E-state index in [1.54, 1.807) is 12.1 Å². The predicted molar refractivity (Wildman–Crippen MR) is 95.5 cm³/mol. The van der Waals surface area contributed by atoms with Crippen molar-refractivity contribution in [3.05, 3.63) is 54.1 Å². The molecule has 1 heterocycles. The summed E-state index contributed by atoms with van der Waals surface area (Å²) in [4.78, 5) is 15.6. The van der Waals surface area contributed by atoms with E-state index in [2.05, 4.69) is 10.2 Å². The van der Waals surface area contributed by atoms with Crippen LogP contribution in [0.4, 0.5) is 20.2 Å². The van der Waals surface area contributed by atoms with Crippen LogP contribution in [0.1, 0.15) is 6.92 Å². The van der Waals surface area contributed by atoms with Gasteiger partial charge in [0.2, 0.25) is 0 Å². The molecule has 0 saturated carbocycles. The number of carbonyl (C=O) groups excluding carboxylic acids is 1. The number of carbonyl (C=O) groups is 1. The number of nitrogens with one attached hydrogen (secondary N) is 2. The van der Waals surface area contributed by atoms with Crippen molar-refractivity contribution in [1.29, 1.82) is 0 Å². The lowest BCUT2D eigenvalue weighted by Crippen LogP contribution is -3.19. The van der Waals surface area contributed by atoms with Crippen molar-refractivity contribution in [3.8, 4) is 5.75 Å². The first-order valence-corrected chi connectivity index (χ1v) is 8.59. The second-order valence-corrected chi connectivity index (χ2v) is 6.47. The number of aromatic hydroxyl groups is 1. The Kier molecular flexibility index (Phi) is 5.37. The van der Waals surface area contributed by atoms with Gasteiger partial charge in [0.05, 0.1) is 31.9 Å². The molecule has 1 saturated heterocycles. The standard InChI is InChI=1S/C19H21F2N3O2/c1-13(19(26)22-14-6-7-15(20)16(21)12-14)23-8-10-24(11-9-23)17-4-2-3-5-18(17)25/h2-7,12-13,25H,8-11H2,1H3,(H,22,26)/p+1/t13-/m0/s1. The number of halogens is 2. The van der Waals surface area contributed by atoms with E-state index >= 15 is 0 Å². The van der Waals surface area contributed by atoms with Gasteiger partial charge in [0.1, 0.15) is 5.75 Å². The zero-order valence-electron chi connectivity index (χ0n) is 14.5. The number of benzene rings is 2. The highest BCUT2D eigenvalue weighted by molar-refractivity contribution is 5.93. The SMILES string of the molecule is C[C@@H](C(=O)Nc1ccc(F)c(F)c1)[NH+]1CCN(c2ccccc2O)CC1. The molecule has 1 atom stereocenters. The van der Waals surface area contributed by atoms with Crippen LogP contribution in [0.15, 0.2) is 42.5 Å². The summed E-state index contributed by atoms with van der Waals surface area (Å²) in [7, 11) is 0. The van der Waals surface area contributed by atoms with E-state index in [0.29, 0.717) is 0 Å². The molecule has 1 amide bonds. The Morgan fingerprint density at radius 2 is 1.85 bits per heavy atom. The molecule has 0 bridgehead atoms. The van der Waals surface area contributed by atoms with Gasteiger partial charge in [-0.25, -0.2) is 8.78 Å². The molecule has 2 aromatic rings. The third kappa shape index (κ3) is 3.94. The Labute approximate surface area is 150 Å². The van der Waals surface area contributed by atoms with E-state index in [1.165, 1.54) is 6.07 Å². The van der Waals surface area contributed by atoms with Crippen molar-refractivity contribution >= 4 is 17.3 Å². The summed E-state index contributed by atoms with van der Waals surface area (Å²) < 4.78 is 26.2. The van der Waals surface area contributed by atoms with E-state index in [0.717, 1.165) is 48.9 Å².